The van der Waals surface area contributed by atoms with Crippen LogP contribution >= 0.6 is 0 Å². The number of aryl methyl sites for hydroxylation is 1. The minimum Gasteiger partial charge on any atom is -0.493 e. The van der Waals surface area contributed by atoms with E-state index in [1.165, 1.54) is 11.8 Å². The molecule has 2 N–H and O–H groups in total. The Kier molecular flexibility index (Phi) is 6.26. The van der Waals surface area contributed by atoms with E-state index >= 15 is 0 Å². The van der Waals surface area contributed by atoms with Crippen molar-refractivity contribution in [2.24, 2.45) is 5.10 Å². The van der Waals surface area contributed by atoms with Gasteiger partial charge in [-0.2, -0.15) is 5.10 Å². The number of ether oxygens (including phenoxy) is 2. The van der Waals surface area contributed by atoms with E-state index in [1.807, 2.05) is 31.2 Å². The molecule has 0 bridgehead atoms. The zero-order valence-corrected chi connectivity index (χ0v) is 15.9. The zero-order chi connectivity index (χ0) is 19.9. The van der Waals surface area contributed by atoms with E-state index in [0.717, 1.165) is 18.4 Å². The number of benzene rings is 2. The van der Waals surface area contributed by atoms with Gasteiger partial charge < -0.3 is 14.8 Å². The Bertz CT molecular complexity index is 874. The van der Waals surface area contributed by atoms with Crippen molar-refractivity contribution >= 4 is 18.0 Å². The molecule has 3 rings (SSSR count). The van der Waals surface area contributed by atoms with Gasteiger partial charge in [0.2, 0.25) is 0 Å². The van der Waals surface area contributed by atoms with Crippen LogP contribution in [0.25, 0.3) is 0 Å². The third-order valence-electron chi connectivity index (χ3n) is 4.20. The normalized spacial score (nSPS) is 13.2. The van der Waals surface area contributed by atoms with E-state index in [2.05, 4.69) is 15.8 Å². The summed E-state index contributed by atoms with van der Waals surface area (Å²) in [6, 6.07) is 13.5. The molecular formula is C21H23N3O4. The fourth-order valence-electron chi connectivity index (χ4n) is 2.42. The highest BCUT2D eigenvalue weighted by Crippen LogP contribution is 2.28. The number of methoxy groups -OCH3 is 1. The van der Waals surface area contributed by atoms with Crippen LogP contribution in [0, 0.1) is 6.92 Å². The van der Waals surface area contributed by atoms with Crippen LogP contribution in [-0.2, 0) is 16.2 Å². The van der Waals surface area contributed by atoms with E-state index in [9.17, 15) is 9.59 Å². The van der Waals surface area contributed by atoms with Gasteiger partial charge in [0.25, 0.3) is 0 Å². The van der Waals surface area contributed by atoms with Gasteiger partial charge >= 0.3 is 11.8 Å². The topological polar surface area (TPSA) is 89.0 Å². The Balaban J connectivity index is 1.56. The zero-order valence-electron chi connectivity index (χ0n) is 15.9. The van der Waals surface area contributed by atoms with Crippen molar-refractivity contribution < 1.29 is 19.1 Å². The summed E-state index contributed by atoms with van der Waals surface area (Å²) in [4.78, 5) is 23.2. The fraction of sp³-hybridized carbons (Fsp3) is 0.286. The number of carbonyl (C=O) groups is 2. The van der Waals surface area contributed by atoms with Crippen LogP contribution in [0.5, 0.6) is 11.5 Å². The maximum atomic E-state index is 11.6. The Morgan fingerprint density at radius 2 is 1.86 bits per heavy atom. The van der Waals surface area contributed by atoms with Crippen molar-refractivity contribution in [1.82, 2.24) is 10.7 Å². The molecule has 7 heteroatoms. The lowest BCUT2D eigenvalue weighted by Crippen LogP contribution is -2.38. The van der Waals surface area contributed by atoms with Gasteiger partial charge in [-0.25, -0.2) is 5.43 Å². The van der Waals surface area contributed by atoms with Crippen molar-refractivity contribution in [2.75, 3.05) is 7.11 Å². The number of hydrazone groups is 1. The van der Waals surface area contributed by atoms with Crippen molar-refractivity contribution in [3.63, 3.8) is 0 Å². The summed E-state index contributed by atoms with van der Waals surface area (Å²) in [5.74, 6) is -0.299. The van der Waals surface area contributed by atoms with Crippen LogP contribution in [0.3, 0.4) is 0 Å². The monoisotopic (exact) mass is 381 g/mol. The maximum absolute atomic E-state index is 11.6. The van der Waals surface area contributed by atoms with Crippen molar-refractivity contribution in [1.29, 1.82) is 0 Å². The molecule has 1 aliphatic rings. The van der Waals surface area contributed by atoms with Crippen molar-refractivity contribution in [2.45, 2.75) is 32.4 Å². The van der Waals surface area contributed by atoms with Gasteiger partial charge in [-0.3, -0.25) is 9.59 Å². The molecule has 1 fully saturated rings. The Morgan fingerprint density at radius 3 is 2.54 bits per heavy atom. The van der Waals surface area contributed by atoms with Crippen LogP contribution in [0.15, 0.2) is 47.6 Å². The number of nitrogens with zero attached hydrogens (tertiary/aromatic N) is 1. The van der Waals surface area contributed by atoms with Gasteiger partial charge in [-0.15, -0.1) is 0 Å². The van der Waals surface area contributed by atoms with Gasteiger partial charge in [0, 0.05) is 6.04 Å². The Morgan fingerprint density at radius 1 is 1.11 bits per heavy atom. The first-order valence-corrected chi connectivity index (χ1v) is 9.05. The summed E-state index contributed by atoms with van der Waals surface area (Å²) < 4.78 is 11.2. The summed E-state index contributed by atoms with van der Waals surface area (Å²) in [5.41, 5.74) is 5.17. The molecule has 0 spiro atoms. The van der Waals surface area contributed by atoms with Gasteiger partial charge in [0.05, 0.1) is 13.3 Å². The van der Waals surface area contributed by atoms with Gasteiger partial charge in [0.1, 0.15) is 6.61 Å². The average molecular weight is 381 g/mol. The number of amides is 2. The van der Waals surface area contributed by atoms with Crippen LogP contribution in [0.2, 0.25) is 0 Å². The molecule has 0 saturated heterocycles. The quantitative estimate of drug-likeness (QED) is 0.438. The van der Waals surface area contributed by atoms with Gasteiger partial charge in [-0.1, -0.05) is 29.8 Å². The molecule has 28 heavy (non-hydrogen) atoms. The highest BCUT2D eigenvalue weighted by atomic mass is 16.5. The molecule has 2 aromatic rings. The Hall–Kier alpha value is -3.35. The first kappa shape index (κ1) is 19.4. The molecule has 0 radical (unpaired) electrons. The van der Waals surface area contributed by atoms with E-state index in [0.29, 0.717) is 23.7 Å². The standard InChI is InChI=1S/C21H23N3O4/c1-14-3-5-15(6-4-14)13-28-18-10-7-16(11-19(18)27-2)12-22-24-21(26)20(25)23-17-8-9-17/h3-7,10-12,17H,8-9,13H2,1-2H3,(H,23,25)(H,24,26)/b22-12-. The lowest BCUT2D eigenvalue weighted by atomic mass is 10.2. The number of carbonyl (C=O) groups excluding carboxylic acids is 2. The first-order valence-electron chi connectivity index (χ1n) is 9.05. The maximum Gasteiger partial charge on any atom is 0.329 e. The molecule has 0 unspecified atom stereocenters. The third kappa shape index (κ3) is 5.57. The second kappa shape index (κ2) is 9.03. The summed E-state index contributed by atoms with van der Waals surface area (Å²) >= 11 is 0. The van der Waals surface area contributed by atoms with Crippen LogP contribution in [0.1, 0.15) is 29.5 Å². The molecule has 1 saturated carbocycles. The van der Waals surface area contributed by atoms with Crippen molar-refractivity contribution in [3.05, 3.63) is 59.2 Å². The Labute approximate surface area is 163 Å². The van der Waals surface area contributed by atoms with E-state index < -0.39 is 11.8 Å². The molecule has 0 aromatic heterocycles. The summed E-state index contributed by atoms with van der Waals surface area (Å²) in [5, 5.41) is 6.41. The number of rotatable bonds is 7. The number of hydrogen-bond acceptors (Lipinski definition) is 5. The van der Waals surface area contributed by atoms with Crippen LogP contribution in [-0.4, -0.2) is 31.2 Å². The molecule has 0 atom stereocenters. The third-order valence-corrected chi connectivity index (χ3v) is 4.20. The minimum absolute atomic E-state index is 0.124. The highest BCUT2D eigenvalue weighted by molar-refractivity contribution is 6.35. The van der Waals surface area contributed by atoms with Crippen LogP contribution in [0.4, 0.5) is 0 Å². The second-order valence-corrected chi connectivity index (χ2v) is 6.63. The molecule has 2 aromatic carbocycles. The molecule has 1 aliphatic carbocycles. The first-order chi connectivity index (χ1) is 13.5. The summed E-state index contributed by atoms with van der Waals surface area (Å²) in [6.45, 7) is 2.46. The predicted octanol–water partition coefficient (Wildman–Crippen LogP) is 2.31. The van der Waals surface area contributed by atoms with Crippen molar-refractivity contribution in [3.8, 4) is 11.5 Å². The molecule has 0 aliphatic heterocycles. The molecule has 7 nitrogen and oxygen atoms in total. The minimum atomic E-state index is -0.784. The van der Waals surface area contributed by atoms with Crippen LogP contribution < -0.4 is 20.2 Å². The second-order valence-electron chi connectivity index (χ2n) is 6.63. The fourth-order valence-corrected chi connectivity index (χ4v) is 2.42. The molecular weight excluding hydrogens is 358 g/mol. The van der Waals surface area contributed by atoms with E-state index in [1.54, 1.807) is 25.3 Å². The smallest absolute Gasteiger partial charge is 0.329 e. The molecule has 2 amide bonds. The molecule has 0 heterocycles. The lowest BCUT2D eigenvalue weighted by Gasteiger charge is -2.11. The number of hydrogen-bond donors (Lipinski definition) is 2. The highest BCUT2D eigenvalue weighted by Gasteiger charge is 2.26. The van der Waals surface area contributed by atoms with E-state index in [4.69, 9.17) is 9.47 Å². The predicted molar refractivity (Wildman–Crippen MR) is 105 cm³/mol. The van der Waals surface area contributed by atoms with Gasteiger partial charge in [-0.05, 0) is 49.1 Å². The average Bonchev–Trinajstić information content (AvgIpc) is 3.51. The summed E-state index contributed by atoms with van der Waals surface area (Å²) in [6.07, 6.45) is 3.27. The summed E-state index contributed by atoms with van der Waals surface area (Å²) in [7, 11) is 1.55. The largest absolute Gasteiger partial charge is 0.493 e. The lowest BCUT2D eigenvalue weighted by molar-refractivity contribution is -0.139. The van der Waals surface area contributed by atoms with Gasteiger partial charge in [0.15, 0.2) is 11.5 Å². The van der Waals surface area contributed by atoms with E-state index in [-0.39, 0.29) is 6.04 Å². The molecule has 146 valence electrons. The number of nitrogens with one attached hydrogen (secondary N) is 2. The SMILES string of the molecule is COc1cc(/C=N\NC(=O)C(=O)NC2CC2)ccc1OCc1ccc(C)cc1.